The van der Waals surface area contributed by atoms with E-state index in [-0.39, 0.29) is 5.60 Å². The minimum absolute atomic E-state index is 0.361. The second kappa shape index (κ2) is 5.24. The Morgan fingerprint density at radius 1 is 1.45 bits per heavy atom. The Labute approximate surface area is 117 Å². The zero-order valence-electron chi connectivity index (χ0n) is 11.6. The lowest BCUT2D eigenvalue weighted by molar-refractivity contribution is -0.0469. The predicted octanol–water partition coefficient (Wildman–Crippen LogP) is 1.70. The Kier molecular flexibility index (Phi) is 3.43. The van der Waals surface area contributed by atoms with Gasteiger partial charge in [0, 0.05) is 12.8 Å². The summed E-state index contributed by atoms with van der Waals surface area (Å²) < 4.78 is 12.9. The van der Waals surface area contributed by atoms with Crippen molar-refractivity contribution in [3.8, 4) is 0 Å². The van der Waals surface area contributed by atoms with Crippen LogP contribution in [-0.4, -0.2) is 26.5 Å². The van der Waals surface area contributed by atoms with Crippen LogP contribution in [0.1, 0.15) is 44.3 Å². The molecule has 2 aromatic heterocycles. The highest BCUT2D eigenvalue weighted by molar-refractivity contribution is 5.30. The third kappa shape index (κ3) is 2.40. The minimum atomic E-state index is -0.361. The van der Waals surface area contributed by atoms with E-state index in [1.807, 2.05) is 6.92 Å². The normalized spacial score (nSPS) is 17.6. The van der Waals surface area contributed by atoms with Crippen molar-refractivity contribution in [2.75, 3.05) is 12.3 Å². The highest BCUT2D eigenvalue weighted by Gasteiger charge is 2.40. The highest BCUT2D eigenvalue weighted by atomic mass is 16.5. The van der Waals surface area contributed by atoms with Gasteiger partial charge in [0.25, 0.3) is 0 Å². The second-order valence-corrected chi connectivity index (χ2v) is 5.12. The van der Waals surface area contributed by atoms with Crippen molar-refractivity contribution in [3.05, 3.63) is 24.1 Å². The molecule has 7 heteroatoms. The van der Waals surface area contributed by atoms with Gasteiger partial charge < -0.3 is 15.0 Å². The van der Waals surface area contributed by atoms with Crippen LogP contribution < -0.4 is 5.73 Å². The molecule has 1 saturated carbocycles. The second-order valence-electron chi connectivity index (χ2n) is 5.12. The van der Waals surface area contributed by atoms with Crippen LogP contribution in [0.25, 0.3) is 0 Å². The first-order valence-corrected chi connectivity index (χ1v) is 6.97. The molecule has 20 heavy (non-hydrogen) atoms. The number of rotatable bonds is 5. The summed E-state index contributed by atoms with van der Waals surface area (Å²) in [5, 5.41) is 8.21. The van der Waals surface area contributed by atoms with Crippen molar-refractivity contribution in [1.29, 1.82) is 0 Å². The molecule has 7 nitrogen and oxygen atoms in total. The van der Waals surface area contributed by atoms with Crippen LogP contribution >= 0.6 is 0 Å². The van der Waals surface area contributed by atoms with Crippen LogP contribution in [0.2, 0.25) is 0 Å². The third-order valence-corrected chi connectivity index (χ3v) is 3.66. The molecule has 0 bridgehead atoms. The molecule has 1 aliphatic carbocycles. The van der Waals surface area contributed by atoms with Gasteiger partial charge in [0.15, 0.2) is 0 Å². The Balaban J connectivity index is 1.78. The fourth-order valence-electron chi connectivity index (χ4n) is 2.76. The van der Waals surface area contributed by atoms with E-state index in [0.29, 0.717) is 30.6 Å². The lowest BCUT2D eigenvalue weighted by atomic mass is 10.0. The quantitative estimate of drug-likeness (QED) is 0.894. The van der Waals surface area contributed by atoms with E-state index >= 15 is 0 Å². The van der Waals surface area contributed by atoms with E-state index in [1.54, 1.807) is 17.1 Å². The SMILES string of the molecule is CCOC1(c2noc(Cn3cc(N)cn3)n2)CCCC1. The number of anilines is 1. The molecule has 0 amide bonds. The first-order chi connectivity index (χ1) is 9.72. The maximum atomic E-state index is 5.92. The van der Waals surface area contributed by atoms with Crippen molar-refractivity contribution < 1.29 is 9.26 Å². The van der Waals surface area contributed by atoms with E-state index in [9.17, 15) is 0 Å². The molecule has 108 valence electrons. The summed E-state index contributed by atoms with van der Waals surface area (Å²) in [4.78, 5) is 4.48. The molecule has 2 N–H and O–H groups in total. The van der Waals surface area contributed by atoms with Gasteiger partial charge in [0.05, 0.1) is 11.9 Å². The van der Waals surface area contributed by atoms with Gasteiger partial charge >= 0.3 is 0 Å². The molecule has 3 rings (SSSR count). The largest absolute Gasteiger partial charge is 0.396 e. The lowest BCUT2D eigenvalue weighted by Crippen LogP contribution is -2.27. The van der Waals surface area contributed by atoms with E-state index in [0.717, 1.165) is 25.7 Å². The molecule has 2 aromatic rings. The minimum Gasteiger partial charge on any atom is -0.396 e. The average Bonchev–Trinajstić information content (AvgIpc) is 3.12. The van der Waals surface area contributed by atoms with E-state index in [1.165, 1.54) is 0 Å². The zero-order valence-corrected chi connectivity index (χ0v) is 11.6. The van der Waals surface area contributed by atoms with E-state index in [4.69, 9.17) is 15.0 Å². The number of hydrogen-bond donors (Lipinski definition) is 1. The molecule has 0 aromatic carbocycles. The molecular formula is C13H19N5O2. The van der Waals surface area contributed by atoms with Gasteiger partial charge in [-0.1, -0.05) is 5.16 Å². The standard InChI is InChI=1S/C13H19N5O2/c1-2-19-13(5-3-4-6-13)12-16-11(20-17-12)9-18-8-10(14)7-15-18/h7-8H,2-6,9,14H2,1H3. The Hall–Kier alpha value is -1.89. The fourth-order valence-corrected chi connectivity index (χ4v) is 2.76. The van der Waals surface area contributed by atoms with Crippen LogP contribution in [0, 0.1) is 0 Å². The molecule has 0 spiro atoms. The molecule has 1 aliphatic rings. The number of nitrogens with two attached hydrogens (primary N) is 1. The lowest BCUT2D eigenvalue weighted by Gasteiger charge is -2.24. The highest BCUT2D eigenvalue weighted by Crippen LogP contribution is 2.40. The average molecular weight is 277 g/mol. The van der Waals surface area contributed by atoms with Crippen LogP contribution in [0.4, 0.5) is 5.69 Å². The maximum absolute atomic E-state index is 5.92. The number of hydrogen-bond acceptors (Lipinski definition) is 6. The van der Waals surface area contributed by atoms with Gasteiger partial charge in [0.1, 0.15) is 12.1 Å². The number of ether oxygens (including phenoxy) is 1. The van der Waals surface area contributed by atoms with Crippen LogP contribution in [0.5, 0.6) is 0 Å². The van der Waals surface area contributed by atoms with Crippen molar-refractivity contribution in [3.63, 3.8) is 0 Å². The van der Waals surface area contributed by atoms with Gasteiger partial charge in [0.2, 0.25) is 11.7 Å². The molecule has 0 unspecified atom stereocenters. The number of nitrogen functional groups attached to an aromatic ring is 1. The van der Waals surface area contributed by atoms with Gasteiger partial charge in [-0.3, -0.25) is 4.68 Å². The van der Waals surface area contributed by atoms with Gasteiger partial charge in [-0.2, -0.15) is 10.1 Å². The van der Waals surface area contributed by atoms with Crippen molar-refractivity contribution in [2.45, 2.75) is 44.8 Å². The fraction of sp³-hybridized carbons (Fsp3) is 0.615. The summed E-state index contributed by atoms with van der Waals surface area (Å²) in [7, 11) is 0. The zero-order chi connectivity index (χ0) is 14.0. The van der Waals surface area contributed by atoms with Gasteiger partial charge in [-0.25, -0.2) is 0 Å². The summed E-state index contributed by atoms with van der Waals surface area (Å²) in [6, 6.07) is 0. The predicted molar refractivity (Wildman–Crippen MR) is 71.8 cm³/mol. The first-order valence-electron chi connectivity index (χ1n) is 6.97. The summed E-state index contributed by atoms with van der Waals surface area (Å²) >= 11 is 0. The van der Waals surface area contributed by atoms with Crippen LogP contribution in [-0.2, 0) is 16.9 Å². The smallest absolute Gasteiger partial charge is 0.248 e. The Bertz CT molecular complexity index is 571. The molecule has 0 radical (unpaired) electrons. The van der Waals surface area contributed by atoms with E-state index < -0.39 is 0 Å². The summed E-state index contributed by atoms with van der Waals surface area (Å²) in [5.74, 6) is 1.18. The maximum Gasteiger partial charge on any atom is 0.248 e. The molecule has 0 saturated heterocycles. The molecule has 1 fully saturated rings. The van der Waals surface area contributed by atoms with Gasteiger partial charge in [-0.15, -0.1) is 0 Å². The monoisotopic (exact) mass is 277 g/mol. The van der Waals surface area contributed by atoms with E-state index in [2.05, 4.69) is 15.2 Å². The van der Waals surface area contributed by atoms with Crippen molar-refractivity contribution in [2.24, 2.45) is 0 Å². The Morgan fingerprint density at radius 2 is 2.25 bits per heavy atom. The summed E-state index contributed by atoms with van der Waals surface area (Å²) in [5.41, 5.74) is 5.88. The van der Waals surface area contributed by atoms with Crippen LogP contribution in [0.15, 0.2) is 16.9 Å². The Morgan fingerprint density at radius 3 is 2.90 bits per heavy atom. The summed E-state index contributed by atoms with van der Waals surface area (Å²) in [6.45, 7) is 3.07. The third-order valence-electron chi connectivity index (χ3n) is 3.66. The number of aromatic nitrogens is 4. The first kappa shape index (κ1) is 13.1. The van der Waals surface area contributed by atoms with Crippen molar-refractivity contribution in [1.82, 2.24) is 19.9 Å². The summed E-state index contributed by atoms with van der Waals surface area (Å²) in [6.07, 6.45) is 7.51. The number of nitrogens with zero attached hydrogens (tertiary/aromatic N) is 4. The van der Waals surface area contributed by atoms with Crippen molar-refractivity contribution >= 4 is 5.69 Å². The molecule has 0 atom stereocenters. The van der Waals surface area contributed by atoms with Crippen LogP contribution in [0.3, 0.4) is 0 Å². The van der Waals surface area contributed by atoms with Gasteiger partial charge in [-0.05, 0) is 32.6 Å². The molecule has 2 heterocycles. The molecule has 0 aliphatic heterocycles. The topological polar surface area (TPSA) is 92.0 Å². The molecular weight excluding hydrogens is 258 g/mol.